The minimum absolute atomic E-state index is 0.0621. The first kappa shape index (κ1) is 18.2. The molecule has 0 unspecified atom stereocenters. The Morgan fingerprint density at radius 3 is 2.71 bits per heavy atom. The number of nitro benzene ring substituents is 1. The zero-order valence-corrected chi connectivity index (χ0v) is 14.3. The molecule has 0 bridgehead atoms. The van der Waals surface area contributed by atoms with Gasteiger partial charge in [-0.2, -0.15) is 0 Å². The molecule has 0 spiro atoms. The Morgan fingerprint density at radius 1 is 1.33 bits per heavy atom. The summed E-state index contributed by atoms with van der Waals surface area (Å²) in [6.45, 7) is 6.15. The lowest BCUT2D eigenvalue weighted by Crippen LogP contribution is -2.43. The van der Waals surface area contributed by atoms with Gasteiger partial charge in [-0.1, -0.05) is 13.0 Å². The average molecular weight is 335 g/mol. The van der Waals surface area contributed by atoms with Gasteiger partial charge >= 0.3 is 0 Å². The van der Waals surface area contributed by atoms with Crippen molar-refractivity contribution in [1.29, 1.82) is 0 Å². The van der Waals surface area contributed by atoms with E-state index in [1.54, 1.807) is 12.1 Å². The maximum atomic E-state index is 12.3. The van der Waals surface area contributed by atoms with Gasteiger partial charge in [0, 0.05) is 32.4 Å². The number of amides is 1. The monoisotopic (exact) mass is 335 g/mol. The summed E-state index contributed by atoms with van der Waals surface area (Å²) in [7, 11) is 0. The van der Waals surface area contributed by atoms with E-state index in [0.29, 0.717) is 38.4 Å². The molecule has 0 saturated carbocycles. The van der Waals surface area contributed by atoms with E-state index in [4.69, 9.17) is 4.74 Å². The molecule has 1 saturated heterocycles. The fraction of sp³-hybridized carbons (Fsp3) is 0.588. The van der Waals surface area contributed by atoms with Crippen LogP contribution in [0, 0.1) is 22.5 Å². The molecule has 0 aromatic heterocycles. The number of hydrogen-bond donors (Lipinski definition) is 2. The van der Waals surface area contributed by atoms with Crippen LogP contribution in [0.5, 0.6) is 0 Å². The normalized spacial score (nSPS) is 16.4. The molecule has 1 aromatic rings. The molecule has 24 heavy (non-hydrogen) atoms. The van der Waals surface area contributed by atoms with E-state index in [9.17, 15) is 14.9 Å². The minimum Gasteiger partial charge on any atom is -0.381 e. The number of hydrogen-bond acceptors (Lipinski definition) is 5. The van der Waals surface area contributed by atoms with Gasteiger partial charge in [-0.25, -0.2) is 0 Å². The molecule has 2 N–H and O–H groups in total. The van der Waals surface area contributed by atoms with Gasteiger partial charge in [0.25, 0.3) is 5.69 Å². The van der Waals surface area contributed by atoms with Crippen molar-refractivity contribution in [3.63, 3.8) is 0 Å². The topological polar surface area (TPSA) is 93.5 Å². The van der Waals surface area contributed by atoms with Crippen molar-refractivity contribution in [3.05, 3.63) is 33.9 Å². The van der Waals surface area contributed by atoms with E-state index in [1.165, 1.54) is 0 Å². The van der Waals surface area contributed by atoms with Crippen LogP contribution in [0.3, 0.4) is 0 Å². The van der Waals surface area contributed by atoms with Crippen molar-refractivity contribution in [2.45, 2.75) is 33.1 Å². The van der Waals surface area contributed by atoms with Crippen LogP contribution in [-0.4, -0.2) is 37.1 Å². The highest BCUT2D eigenvalue weighted by atomic mass is 16.6. The van der Waals surface area contributed by atoms with Crippen molar-refractivity contribution in [3.8, 4) is 0 Å². The summed E-state index contributed by atoms with van der Waals surface area (Å²) in [6, 6.07) is 5.11. The van der Waals surface area contributed by atoms with Gasteiger partial charge in [0.15, 0.2) is 0 Å². The lowest BCUT2D eigenvalue weighted by atomic mass is 9.81. The van der Waals surface area contributed by atoms with Crippen molar-refractivity contribution >= 4 is 17.3 Å². The fourth-order valence-electron chi connectivity index (χ4n) is 2.72. The summed E-state index contributed by atoms with van der Waals surface area (Å²) in [5.74, 6) is 0.0621. The third kappa shape index (κ3) is 4.67. The molecule has 1 fully saturated rings. The van der Waals surface area contributed by atoms with Gasteiger partial charge < -0.3 is 15.4 Å². The van der Waals surface area contributed by atoms with Crippen LogP contribution in [0.4, 0.5) is 11.4 Å². The molecule has 7 heteroatoms. The number of nitrogens with one attached hydrogen (secondary N) is 2. The predicted molar refractivity (Wildman–Crippen MR) is 92.1 cm³/mol. The molecule has 0 atom stereocenters. The molecule has 2 rings (SSSR count). The molecule has 1 heterocycles. The second-order valence-corrected chi connectivity index (χ2v) is 6.49. The van der Waals surface area contributed by atoms with Crippen molar-refractivity contribution in [2.24, 2.45) is 5.41 Å². The van der Waals surface area contributed by atoms with Gasteiger partial charge in [-0.15, -0.1) is 0 Å². The van der Waals surface area contributed by atoms with Gasteiger partial charge in [0.05, 0.1) is 10.3 Å². The third-order valence-corrected chi connectivity index (χ3v) is 4.45. The Balaban J connectivity index is 1.75. The first-order valence-electron chi connectivity index (χ1n) is 8.27. The molecule has 1 amide bonds. The Bertz CT molecular complexity index is 597. The molecule has 7 nitrogen and oxygen atoms in total. The number of rotatable bonds is 7. The highest BCUT2D eigenvalue weighted by Gasteiger charge is 2.34. The zero-order valence-electron chi connectivity index (χ0n) is 14.3. The number of aryl methyl sites for hydroxylation is 1. The Kier molecular flexibility index (Phi) is 6.14. The van der Waals surface area contributed by atoms with Crippen molar-refractivity contribution < 1.29 is 14.5 Å². The molecular formula is C17H25N3O4. The number of carbonyl (C=O) groups is 1. The summed E-state index contributed by atoms with van der Waals surface area (Å²) in [4.78, 5) is 22.9. The molecule has 1 aromatic carbocycles. The highest BCUT2D eigenvalue weighted by Crippen LogP contribution is 2.29. The number of nitro groups is 1. The third-order valence-electron chi connectivity index (χ3n) is 4.45. The number of benzene rings is 1. The zero-order chi connectivity index (χ0) is 17.6. The molecule has 0 aliphatic carbocycles. The Hall–Kier alpha value is -2.15. The lowest BCUT2D eigenvalue weighted by Gasteiger charge is -2.32. The van der Waals surface area contributed by atoms with E-state index in [-0.39, 0.29) is 21.9 Å². The minimum atomic E-state index is -0.386. The lowest BCUT2D eigenvalue weighted by molar-refractivity contribution is -0.384. The Morgan fingerprint density at radius 2 is 2.04 bits per heavy atom. The standard InChI is InChI=1S/C17H25N3O4/c1-13-4-5-14(15(12-13)20(22)23)18-8-3-9-19-16(21)17(2)6-10-24-11-7-17/h4-5,12,18H,3,6-11H2,1-2H3,(H,19,21). The van der Waals surface area contributed by atoms with E-state index in [0.717, 1.165) is 18.4 Å². The summed E-state index contributed by atoms with van der Waals surface area (Å²) in [6.07, 6.45) is 2.18. The van der Waals surface area contributed by atoms with E-state index in [1.807, 2.05) is 19.9 Å². The predicted octanol–water partition coefficient (Wildman–Crippen LogP) is 2.64. The van der Waals surface area contributed by atoms with Gasteiger partial charge in [0.1, 0.15) is 5.69 Å². The van der Waals surface area contributed by atoms with Crippen molar-refractivity contribution in [1.82, 2.24) is 5.32 Å². The molecule has 0 radical (unpaired) electrons. The van der Waals surface area contributed by atoms with Crippen LogP contribution in [0.1, 0.15) is 31.7 Å². The van der Waals surface area contributed by atoms with Gasteiger partial charge in [0.2, 0.25) is 5.91 Å². The molecule has 132 valence electrons. The second-order valence-electron chi connectivity index (χ2n) is 6.49. The second kappa shape index (κ2) is 8.10. The number of carbonyl (C=O) groups excluding carboxylic acids is 1. The summed E-state index contributed by atoms with van der Waals surface area (Å²) < 4.78 is 5.30. The maximum Gasteiger partial charge on any atom is 0.292 e. The van der Waals surface area contributed by atoms with Gasteiger partial charge in [-0.05, 0) is 37.8 Å². The van der Waals surface area contributed by atoms with Crippen LogP contribution in [0.15, 0.2) is 18.2 Å². The number of nitrogens with zero attached hydrogens (tertiary/aromatic N) is 1. The van der Waals surface area contributed by atoms with Crippen LogP contribution in [-0.2, 0) is 9.53 Å². The van der Waals surface area contributed by atoms with Crippen LogP contribution in [0.2, 0.25) is 0 Å². The van der Waals surface area contributed by atoms with Crippen LogP contribution < -0.4 is 10.6 Å². The van der Waals surface area contributed by atoms with Crippen LogP contribution in [0.25, 0.3) is 0 Å². The molecule has 1 aliphatic heterocycles. The largest absolute Gasteiger partial charge is 0.381 e. The smallest absolute Gasteiger partial charge is 0.292 e. The Labute approximate surface area is 141 Å². The first-order chi connectivity index (χ1) is 11.4. The van der Waals surface area contributed by atoms with E-state index >= 15 is 0 Å². The number of ether oxygens (including phenoxy) is 1. The summed E-state index contributed by atoms with van der Waals surface area (Å²) in [5, 5.41) is 17.1. The fourth-order valence-corrected chi connectivity index (χ4v) is 2.72. The van der Waals surface area contributed by atoms with Crippen LogP contribution >= 0.6 is 0 Å². The SMILES string of the molecule is Cc1ccc(NCCCNC(=O)C2(C)CCOCC2)c([N+](=O)[O-])c1. The van der Waals surface area contributed by atoms with Crippen molar-refractivity contribution in [2.75, 3.05) is 31.6 Å². The summed E-state index contributed by atoms with van der Waals surface area (Å²) in [5.41, 5.74) is 1.09. The highest BCUT2D eigenvalue weighted by molar-refractivity contribution is 5.82. The molecular weight excluding hydrogens is 310 g/mol. The van der Waals surface area contributed by atoms with E-state index in [2.05, 4.69) is 10.6 Å². The average Bonchev–Trinajstić information content (AvgIpc) is 2.56. The van der Waals surface area contributed by atoms with E-state index < -0.39 is 0 Å². The maximum absolute atomic E-state index is 12.3. The molecule has 1 aliphatic rings. The quantitative estimate of drug-likeness (QED) is 0.454. The summed E-state index contributed by atoms with van der Waals surface area (Å²) >= 11 is 0. The van der Waals surface area contributed by atoms with Gasteiger partial charge in [-0.3, -0.25) is 14.9 Å². The first-order valence-corrected chi connectivity index (χ1v) is 8.27. The number of anilines is 1.